The van der Waals surface area contributed by atoms with Gasteiger partial charge in [-0.25, -0.2) is 0 Å². The predicted molar refractivity (Wildman–Crippen MR) is 383 cm³/mol. The van der Waals surface area contributed by atoms with Crippen molar-refractivity contribution in [3.8, 4) is 45.3 Å². The Bertz CT molecular complexity index is 4650. The van der Waals surface area contributed by atoms with Crippen molar-refractivity contribution in [1.82, 2.24) is 15.0 Å². The Morgan fingerprint density at radius 3 is 1.23 bits per heavy atom. The SMILES string of the molecule is CC(=[OH+])C=C(C)O.CC(=[OH+])C=C(C)O.CC(=[OH+])C=C(C)O.CCc1cc[c-]c(-c2nccc3c2ccc2ccccc23)c1.COc1c[c-]c(-c2nccc3c2ccc2ccccc23)cc1OC.Cc1ccc2c(ccc3c(-c4[c-]ccc(C(C)(C)C)c4)nccc32)c1.[Ir].[Ir].[Ir]. The van der Waals surface area contributed by atoms with Gasteiger partial charge in [0, 0.05) is 78.9 Å². The number of aromatic nitrogens is 3. The Labute approximate surface area is 598 Å². The zero-order chi connectivity index (χ0) is 66.6. The molecule has 0 spiro atoms. The molecule has 0 unspecified atom stereocenters. The average molecular weight is 1800 g/mol. The van der Waals surface area contributed by atoms with Crippen LogP contribution in [0.4, 0.5) is 0 Å². The first kappa shape index (κ1) is 78.6. The van der Waals surface area contributed by atoms with Crippen LogP contribution >= 0.6 is 0 Å². The van der Waals surface area contributed by atoms with Crippen LogP contribution in [0.2, 0.25) is 0 Å². The number of aliphatic hydroxyl groups is 3. The first-order valence-electron chi connectivity index (χ1n) is 30.2. The van der Waals surface area contributed by atoms with Crippen molar-refractivity contribution in [2.45, 2.75) is 88.0 Å². The number of ketones is 3. The van der Waals surface area contributed by atoms with Gasteiger partial charge in [-0.1, -0.05) is 142 Å². The fourth-order valence-electron chi connectivity index (χ4n) is 10.4. The van der Waals surface area contributed by atoms with E-state index in [1.54, 1.807) is 20.3 Å². The van der Waals surface area contributed by atoms with E-state index in [-0.39, 0.29) is 100 Å². The van der Waals surface area contributed by atoms with E-state index in [9.17, 15) is 0 Å². The standard InChI is InChI=1S/C24H22N.C21H16NO2.C21H16N.3C5H8O2.3Ir/c1-16-8-10-20-17(14-16)9-11-22-21(20)12-13-25-23(22)18-6-5-7-19(15-18)24(2,3)4;1-23-19-10-8-15(13-20(19)24-2)21-18-9-7-14-5-3-4-6-16(14)17(18)11-12-22-21;1-2-15-6-5-8-17(14-15)21-20-11-10-16-7-3-4-9-18(16)19(20)12-13-22-21;3*1-4(6)3-5(2)7;;;/h5,7-15H,1-4H3;3-7,9-13H,1-2H3;3-7,9-14H,2H2,1H3;3*3,6H,1-2H3;;;/q3*-1;;;;;;/p+3. The summed E-state index contributed by atoms with van der Waals surface area (Å²) >= 11 is 0. The minimum Gasteiger partial charge on any atom is -0.536 e. The van der Waals surface area contributed by atoms with Gasteiger partial charge < -0.3 is 39.7 Å². The van der Waals surface area contributed by atoms with Crippen molar-refractivity contribution in [2.75, 3.05) is 14.2 Å². The van der Waals surface area contributed by atoms with Crippen LogP contribution in [0.15, 0.2) is 224 Å². The third-order valence-electron chi connectivity index (χ3n) is 14.5. The van der Waals surface area contributed by atoms with Crippen molar-refractivity contribution >= 4 is 82.0 Å². The van der Waals surface area contributed by atoms with Crippen LogP contribution in [0, 0.1) is 25.1 Å². The van der Waals surface area contributed by atoms with Gasteiger partial charge in [0.25, 0.3) is 0 Å². The number of allylic oxidation sites excluding steroid dienone is 6. The average Bonchev–Trinajstić information content (AvgIpc) is 0.785. The Kier molecular flexibility index (Phi) is 30.9. The Balaban J connectivity index is 0.000000260. The smallest absolute Gasteiger partial charge is 0.316 e. The Morgan fingerprint density at radius 2 is 0.832 bits per heavy atom. The zero-order valence-electron chi connectivity index (χ0n) is 55.7. The monoisotopic (exact) mass is 1800 g/mol. The number of hydrogen-bond donors (Lipinski definition) is 3. The Hall–Kier alpha value is -8.83. The van der Waals surface area contributed by atoms with E-state index in [0.717, 1.165) is 45.6 Å². The summed E-state index contributed by atoms with van der Waals surface area (Å²) < 4.78 is 10.7. The fraction of sp³-hybridized carbons (Fsp3) is 0.185. The van der Waals surface area contributed by atoms with Crippen molar-refractivity contribution in [3.63, 3.8) is 0 Å². The minimum atomic E-state index is 0. The van der Waals surface area contributed by atoms with E-state index in [2.05, 4.69) is 208 Å². The van der Waals surface area contributed by atoms with Crippen LogP contribution in [-0.2, 0) is 72.2 Å². The summed E-state index contributed by atoms with van der Waals surface area (Å²) in [6.07, 6.45) is 10.5. The van der Waals surface area contributed by atoms with Gasteiger partial charge in [-0.3, -0.25) is 14.4 Å². The van der Waals surface area contributed by atoms with Crippen LogP contribution in [0.25, 0.3) is 98.4 Å². The number of pyridine rings is 3. The number of hydrogen-bond acceptors (Lipinski definition) is 8. The van der Waals surface area contributed by atoms with Gasteiger partial charge in [0.15, 0.2) is 0 Å². The maximum absolute atomic E-state index is 8.40. The normalized spacial score (nSPS) is 11.0. The first-order valence-corrected chi connectivity index (χ1v) is 30.2. The maximum atomic E-state index is 8.40. The number of aryl methyl sites for hydroxylation is 2. The molecule has 0 saturated heterocycles. The molecular weight excluding hydrogens is 1720 g/mol. The number of rotatable bonds is 9. The third-order valence-corrected chi connectivity index (χ3v) is 14.5. The van der Waals surface area contributed by atoms with Gasteiger partial charge in [-0.2, -0.15) is 0 Å². The van der Waals surface area contributed by atoms with Crippen LogP contribution in [0.3, 0.4) is 0 Å². The number of benzene rings is 9. The molecule has 0 fully saturated rings. The van der Waals surface area contributed by atoms with Crippen LogP contribution in [-0.4, -0.2) is 76.2 Å². The molecule has 495 valence electrons. The molecule has 3 aromatic heterocycles. The second-order valence-electron chi connectivity index (χ2n) is 23.1. The van der Waals surface area contributed by atoms with Crippen molar-refractivity contribution in [2.24, 2.45) is 0 Å². The molecule has 12 aromatic rings. The molecule has 11 nitrogen and oxygen atoms in total. The van der Waals surface area contributed by atoms with Crippen molar-refractivity contribution in [1.29, 1.82) is 0 Å². The third kappa shape index (κ3) is 21.9. The number of fused-ring (bicyclic) bond motifs is 9. The molecule has 0 aliphatic rings. The van der Waals surface area contributed by atoms with Gasteiger partial charge in [0.2, 0.25) is 0 Å². The number of nitrogens with zero attached hydrogens (tertiary/aromatic N) is 3. The quantitative estimate of drug-likeness (QED) is 0.0419. The summed E-state index contributed by atoms with van der Waals surface area (Å²) in [7, 11) is 3.25. The van der Waals surface area contributed by atoms with E-state index in [0.29, 0.717) is 11.5 Å². The fourth-order valence-corrected chi connectivity index (χ4v) is 10.4. The molecule has 9 aromatic carbocycles. The topological polar surface area (TPSA) is 182 Å². The summed E-state index contributed by atoms with van der Waals surface area (Å²) in [6, 6.07) is 69.1. The minimum absolute atomic E-state index is 0. The van der Waals surface area contributed by atoms with E-state index in [1.165, 1.54) is 136 Å². The summed E-state index contributed by atoms with van der Waals surface area (Å²) in [5, 5.41) is 39.9. The molecule has 0 saturated carbocycles. The largest absolute Gasteiger partial charge is 0.536 e. The molecule has 12 rings (SSSR count). The Morgan fingerprint density at radius 1 is 0.442 bits per heavy atom. The molecule has 0 amide bonds. The number of ether oxygens (including phenoxy) is 2. The molecule has 0 atom stereocenters. The summed E-state index contributed by atoms with van der Waals surface area (Å²) in [6.45, 7) is 20.0. The van der Waals surface area contributed by atoms with E-state index < -0.39 is 0 Å². The molecule has 95 heavy (non-hydrogen) atoms. The second-order valence-corrected chi connectivity index (χ2v) is 23.1. The summed E-state index contributed by atoms with van der Waals surface area (Å²) in [4.78, 5) is 39.1. The molecule has 3 heterocycles. The number of methoxy groups -OCH3 is 2. The molecule has 14 heteroatoms. The first-order chi connectivity index (χ1) is 44.0. The van der Waals surface area contributed by atoms with E-state index in [1.807, 2.05) is 36.8 Å². The van der Waals surface area contributed by atoms with Gasteiger partial charge in [-0.15, -0.1) is 88.5 Å². The summed E-state index contributed by atoms with van der Waals surface area (Å²) in [5.41, 5.74) is 9.93. The number of aliphatic hydroxyl groups excluding tert-OH is 3. The van der Waals surface area contributed by atoms with Crippen molar-refractivity contribution < 1.29 is 99.5 Å². The second kappa shape index (κ2) is 37.3. The van der Waals surface area contributed by atoms with Gasteiger partial charge in [-0.05, 0) is 139 Å². The van der Waals surface area contributed by atoms with Crippen LogP contribution in [0.5, 0.6) is 11.5 Å². The van der Waals surface area contributed by atoms with E-state index >= 15 is 0 Å². The van der Waals surface area contributed by atoms with Gasteiger partial charge >= 0.3 is 17.3 Å². The molecular formula is C81H81Ir3N3O8. The van der Waals surface area contributed by atoms with Crippen molar-refractivity contribution in [3.05, 3.63) is 259 Å². The van der Waals surface area contributed by atoms with Crippen LogP contribution in [0.1, 0.15) is 85.9 Å². The molecule has 0 bridgehead atoms. The maximum Gasteiger partial charge on any atom is 0.316 e. The molecule has 0 aliphatic carbocycles. The molecule has 0 aliphatic heterocycles. The van der Waals surface area contributed by atoms with E-state index in [4.69, 9.17) is 44.2 Å². The zero-order valence-corrected chi connectivity index (χ0v) is 62.9. The molecule has 6 N–H and O–H groups in total. The molecule has 3 radical (unpaired) electrons. The van der Waals surface area contributed by atoms with Gasteiger partial charge in [0.05, 0.1) is 82.0 Å². The van der Waals surface area contributed by atoms with Crippen LogP contribution < -0.4 is 9.47 Å². The van der Waals surface area contributed by atoms with Gasteiger partial charge in [0.1, 0.15) is 0 Å². The summed E-state index contributed by atoms with van der Waals surface area (Å²) in [5.74, 6) is 2.08. The predicted octanol–water partition coefficient (Wildman–Crippen LogP) is 19.8. The number of carbonyl (C=O) groups excluding carboxylic acids is 3.